The number of aliphatic hydroxyl groups is 1. The molecule has 2 atom stereocenters. The van der Waals surface area contributed by atoms with Crippen molar-refractivity contribution in [2.45, 2.75) is 10.3 Å². The van der Waals surface area contributed by atoms with Crippen molar-refractivity contribution < 1.29 is 18.4 Å². The molecule has 0 spiro atoms. The molecule has 0 aromatic heterocycles. The molecule has 0 bridgehead atoms. The molecule has 17 heavy (non-hydrogen) atoms. The van der Waals surface area contributed by atoms with Crippen LogP contribution >= 0.6 is 15.9 Å². The number of nitrogens with zero attached hydrogens (tertiary/aromatic N) is 1. The van der Waals surface area contributed by atoms with Gasteiger partial charge in [0.05, 0.1) is 4.92 Å². The quantitative estimate of drug-likeness (QED) is 0.513. The van der Waals surface area contributed by atoms with E-state index in [1.165, 1.54) is 24.3 Å². The highest BCUT2D eigenvalue weighted by Gasteiger charge is 2.27. The molecular weight excluding hydrogens is 314 g/mol. The van der Waals surface area contributed by atoms with Gasteiger partial charge in [-0.25, -0.2) is 8.42 Å². The Morgan fingerprint density at radius 2 is 1.82 bits per heavy atom. The van der Waals surface area contributed by atoms with Crippen molar-refractivity contribution in [1.82, 2.24) is 0 Å². The first-order valence-corrected chi connectivity index (χ1v) is 7.36. The molecule has 6 nitrogen and oxygen atoms in total. The number of hydrogen-bond acceptors (Lipinski definition) is 5. The largest absolute Gasteiger partial charge is 0.386 e. The second-order valence-electron chi connectivity index (χ2n) is 3.47. The van der Waals surface area contributed by atoms with Crippen molar-refractivity contribution in [3.63, 3.8) is 0 Å². The minimum absolute atomic E-state index is 0.119. The molecule has 0 radical (unpaired) electrons. The second-order valence-corrected chi connectivity index (χ2v) is 7.23. The third-order valence-electron chi connectivity index (χ3n) is 2.10. The van der Waals surface area contributed by atoms with Crippen LogP contribution in [0.1, 0.15) is 11.7 Å². The molecule has 1 aromatic rings. The van der Waals surface area contributed by atoms with E-state index in [2.05, 4.69) is 15.9 Å². The zero-order valence-corrected chi connectivity index (χ0v) is 11.2. The Hall–Kier alpha value is -0.990. The van der Waals surface area contributed by atoms with Crippen molar-refractivity contribution in [1.29, 1.82) is 0 Å². The second kappa shape index (κ2) is 5.11. The van der Waals surface area contributed by atoms with E-state index in [1.807, 2.05) is 0 Å². The fourth-order valence-corrected chi connectivity index (χ4v) is 2.11. The summed E-state index contributed by atoms with van der Waals surface area (Å²) in [6.07, 6.45) is -0.285. The van der Waals surface area contributed by atoms with Crippen molar-refractivity contribution in [3.05, 3.63) is 39.9 Å². The average molecular weight is 324 g/mol. The van der Waals surface area contributed by atoms with Gasteiger partial charge < -0.3 is 5.11 Å². The lowest BCUT2D eigenvalue weighted by atomic mass is 10.1. The van der Waals surface area contributed by atoms with Gasteiger partial charge in [-0.05, 0) is 17.7 Å². The number of nitro groups is 1. The predicted octanol–water partition coefficient (Wildman–Crippen LogP) is 1.39. The lowest BCUT2D eigenvalue weighted by Crippen LogP contribution is -2.21. The van der Waals surface area contributed by atoms with Crippen molar-refractivity contribution in [2.75, 3.05) is 6.26 Å². The van der Waals surface area contributed by atoms with E-state index >= 15 is 0 Å². The van der Waals surface area contributed by atoms with E-state index in [4.69, 9.17) is 0 Å². The molecule has 8 heteroatoms. The van der Waals surface area contributed by atoms with Crippen molar-refractivity contribution >= 4 is 31.5 Å². The number of non-ortho nitro benzene ring substituents is 1. The zero-order chi connectivity index (χ0) is 13.2. The maximum absolute atomic E-state index is 11.2. The summed E-state index contributed by atoms with van der Waals surface area (Å²) in [6.45, 7) is 0. The van der Waals surface area contributed by atoms with Crippen LogP contribution in [0.4, 0.5) is 5.69 Å². The summed E-state index contributed by atoms with van der Waals surface area (Å²) in [5, 5.41) is 20.2. The molecule has 0 unspecified atom stereocenters. The van der Waals surface area contributed by atoms with E-state index in [0.717, 1.165) is 6.26 Å². The molecule has 0 aliphatic carbocycles. The van der Waals surface area contributed by atoms with Crippen LogP contribution in [0.3, 0.4) is 0 Å². The van der Waals surface area contributed by atoms with Crippen LogP contribution in [0, 0.1) is 10.1 Å². The normalized spacial score (nSPS) is 15.2. The van der Waals surface area contributed by atoms with Gasteiger partial charge in [0.2, 0.25) is 0 Å². The number of alkyl halides is 1. The van der Waals surface area contributed by atoms with Crippen LogP contribution in [0.15, 0.2) is 24.3 Å². The van der Waals surface area contributed by atoms with Crippen LogP contribution in [0.2, 0.25) is 0 Å². The van der Waals surface area contributed by atoms with E-state index in [0.29, 0.717) is 5.56 Å². The summed E-state index contributed by atoms with van der Waals surface area (Å²) in [7, 11) is -3.44. The molecule has 0 amide bonds. The first-order chi connectivity index (χ1) is 7.73. The van der Waals surface area contributed by atoms with Gasteiger partial charge >= 0.3 is 0 Å². The Bertz CT molecular complexity index is 513. The number of sulfone groups is 1. The lowest BCUT2D eigenvalue weighted by molar-refractivity contribution is -0.384. The standard InChI is InChI=1S/C9H10BrNO5S/c1-17(15,16)9(10)8(12)6-2-4-7(5-3-6)11(13)14/h2-5,8-9,12H,1H3/t8-,9+/m0/s1. The van der Waals surface area contributed by atoms with Gasteiger partial charge in [-0.2, -0.15) is 0 Å². The van der Waals surface area contributed by atoms with Gasteiger partial charge in [0.15, 0.2) is 9.84 Å². The topological polar surface area (TPSA) is 97.5 Å². The molecule has 94 valence electrons. The number of halogens is 1. The van der Waals surface area contributed by atoms with E-state index in [-0.39, 0.29) is 5.69 Å². The number of rotatable bonds is 4. The average Bonchev–Trinajstić information content (AvgIpc) is 2.26. The molecule has 1 aromatic carbocycles. The Labute approximate surface area is 106 Å². The number of nitro benzene ring substituents is 1. The third-order valence-corrected chi connectivity index (χ3v) is 5.72. The first-order valence-electron chi connectivity index (χ1n) is 4.49. The Balaban J connectivity index is 2.98. The van der Waals surface area contributed by atoms with Crippen molar-refractivity contribution in [2.24, 2.45) is 0 Å². The van der Waals surface area contributed by atoms with Gasteiger partial charge in [-0.3, -0.25) is 10.1 Å². The van der Waals surface area contributed by atoms with E-state index in [1.54, 1.807) is 0 Å². The smallest absolute Gasteiger partial charge is 0.269 e. The summed E-state index contributed by atoms with van der Waals surface area (Å²) in [6, 6.07) is 5.06. The highest BCUT2D eigenvalue weighted by Crippen LogP contribution is 2.27. The summed E-state index contributed by atoms with van der Waals surface area (Å²) in [5.74, 6) is 0. The number of hydrogen-bond donors (Lipinski definition) is 1. The fraction of sp³-hybridized carbons (Fsp3) is 0.333. The molecule has 0 saturated heterocycles. The minimum atomic E-state index is -3.44. The monoisotopic (exact) mass is 323 g/mol. The van der Waals surface area contributed by atoms with Gasteiger partial charge in [0.25, 0.3) is 5.69 Å². The highest BCUT2D eigenvalue weighted by molar-refractivity contribution is 9.11. The Morgan fingerprint density at radius 3 is 2.18 bits per heavy atom. The van der Waals surface area contributed by atoms with Crippen LogP contribution in [0.5, 0.6) is 0 Å². The van der Waals surface area contributed by atoms with Gasteiger partial charge in [0, 0.05) is 18.4 Å². The molecule has 0 aliphatic heterocycles. The minimum Gasteiger partial charge on any atom is -0.386 e. The summed E-state index contributed by atoms with van der Waals surface area (Å²) in [4.78, 5) is 9.84. The maximum Gasteiger partial charge on any atom is 0.269 e. The van der Waals surface area contributed by atoms with Crippen LogP contribution in [0.25, 0.3) is 0 Å². The van der Waals surface area contributed by atoms with Gasteiger partial charge in [-0.1, -0.05) is 15.9 Å². The van der Waals surface area contributed by atoms with E-state index in [9.17, 15) is 23.6 Å². The number of aliphatic hydroxyl groups excluding tert-OH is 1. The molecule has 0 heterocycles. The summed E-state index contributed by atoms with van der Waals surface area (Å²) in [5.41, 5.74) is 0.175. The third kappa shape index (κ3) is 3.48. The fourth-order valence-electron chi connectivity index (χ4n) is 1.18. The van der Waals surface area contributed by atoms with Crippen LogP contribution in [-0.4, -0.2) is 28.9 Å². The summed E-state index contributed by atoms with van der Waals surface area (Å²) < 4.78 is 21.3. The SMILES string of the molecule is CS(=O)(=O)[C@@H](Br)[C@@H](O)c1ccc([N+](=O)[O-])cc1. The first kappa shape index (κ1) is 14.1. The molecule has 0 saturated carbocycles. The Kier molecular flexibility index (Phi) is 4.23. The van der Waals surface area contributed by atoms with Gasteiger partial charge in [0.1, 0.15) is 10.3 Å². The van der Waals surface area contributed by atoms with E-state index < -0.39 is 25.0 Å². The summed E-state index contributed by atoms with van der Waals surface area (Å²) >= 11 is 2.88. The lowest BCUT2D eigenvalue weighted by Gasteiger charge is -2.15. The van der Waals surface area contributed by atoms with Crippen molar-refractivity contribution in [3.8, 4) is 0 Å². The zero-order valence-electron chi connectivity index (χ0n) is 8.78. The predicted molar refractivity (Wildman–Crippen MR) is 65.6 cm³/mol. The number of benzene rings is 1. The van der Waals surface area contributed by atoms with Crippen LogP contribution in [-0.2, 0) is 9.84 Å². The molecular formula is C9H10BrNO5S. The molecule has 0 aliphatic rings. The Morgan fingerprint density at radius 1 is 1.35 bits per heavy atom. The van der Waals surface area contributed by atoms with Gasteiger partial charge in [-0.15, -0.1) is 0 Å². The molecule has 0 fully saturated rings. The maximum atomic E-state index is 11.2. The van der Waals surface area contributed by atoms with Crippen LogP contribution < -0.4 is 0 Å². The molecule has 1 rings (SSSR count). The molecule has 1 N–H and O–H groups in total. The highest BCUT2D eigenvalue weighted by atomic mass is 79.9.